The van der Waals surface area contributed by atoms with Gasteiger partial charge in [0.05, 0.1) is 0 Å². The van der Waals surface area contributed by atoms with E-state index in [2.05, 4.69) is 31.9 Å². The summed E-state index contributed by atoms with van der Waals surface area (Å²) in [5, 5.41) is 0. The molecule has 7 heteroatoms. The molecule has 0 atom stereocenters. The summed E-state index contributed by atoms with van der Waals surface area (Å²) in [7, 11) is -4.23. The third-order valence-electron chi connectivity index (χ3n) is 2.39. The molecule has 0 aliphatic carbocycles. The number of hydrogen-bond acceptors (Lipinski definition) is 2. The van der Waals surface area contributed by atoms with E-state index >= 15 is 0 Å². The van der Waals surface area contributed by atoms with Gasteiger partial charge in [-0.25, -0.2) is 0 Å². The Morgan fingerprint density at radius 2 is 1.42 bits per heavy atom. The Morgan fingerprint density at radius 1 is 0.895 bits per heavy atom. The molecular weight excluding hydrogens is 407 g/mol. The molecule has 0 aromatic heterocycles. The maximum Gasteiger partial charge on any atom is 0.295 e. The maximum atomic E-state index is 11.2. The van der Waals surface area contributed by atoms with Crippen LogP contribution in [0.3, 0.4) is 0 Å². The van der Waals surface area contributed by atoms with Crippen LogP contribution < -0.4 is 0 Å². The molecule has 0 amide bonds. The molecule has 0 aliphatic heterocycles. The van der Waals surface area contributed by atoms with Crippen molar-refractivity contribution < 1.29 is 13.0 Å². The van der Waals surface area contributed by atoms with Gasteiger partial charge in [0.25, 0.3) is 10.1 Å². The van der Waals surface area contributed by atoms with E-state index < -0.39 is 10.1 Å². The van der Waals surface area contributed by atoms with Gasteiger partial charge in [0.15, 0.2) is 0 Å². The Balaban J connectivity index is 0.00000180. The quantitative estimate of drug-likeness (QED) is 0.601. The summed E-state index contributed by atoms with van der Waals surface area (Å²) in [6, 6.07) is 12.3. The fourth-order valence-corrected chi connectivity index (χ4v) is 3.24. The van der Waals surface area contributed by atoms with Crippen LogP contribution in [-0.4, -0.2) is 42.5 Å². The third-order valence-corrected chi connectivity index (χ3v) is 4.76. The standard InChI is InChI=1S/C12H8Br2O3S.Na/c13-10-4-1-8(2-5-10)9-3-6-11(14)12(7-9)18(15,16)17;/h1-7H,(H,15,16,17);. The Morgan fingerprint density at radius 3 is 1.95 bits per heavy atom. The molecule has 19 heavy (non-hydrogen) atoms. The minimum absolute atomic E-state index is 0. The Bertz CT molecular complexity index is 685. The number of rotatable bonds is 2. The average molecular weight is 415 g/mol. The Kier molecular flexibility index (Phi) is 6.26. The molecule has 0 saturated heterocycles. The van der Waals surface area contributed by atoms with E-state index in [9.17, 15) is 8.42 Å². The fraction of sp³-hybridized carbons (Fsp3) is 0. The summed E-state index contributed by atoms with van der Waals surface area (Å²) in [5.41, 5.74) is 1.59. The summed E-state index contributed by atoms with van der Waals surface area (Å²) < 4.78 is 32.8. The van der Waals surface area contributed by atoms with Crippen molar-refractivity contribution in [2.24, 2.45) is 0 Å². The molecule has 95 valence electrons. The van der Waals surface area contributed by atoms with Gasteiger partial charge in [-0.05, 0) is 51.3 Å². The molecule has 3 nitrogen and oxygen atoms in total. The van der Waals surface area contributed by atoms with Crippen molar-refractivity contribution in [3.8, 4) is 11.1 Å². The van der Waals surface area contributed by atoms with Gasteiger partial charge in [-0.2, -0.15) is 8.42 Å². The van der Waals surface area contributed by atoms with Crippen LogP contribution in [0.1, 0.15) is 0 Å². The number of benzene rings is 2. The summed E-state index contributed by atoms with van der Waals surface area (Å²) in [4.78, 5) is -0.136. The molecule has 1 radical (unpaired) electrons. The van der Waals surface area contributed by atoms with Gasteiger partial charge in [-0.3, -0.25) is 4.55 Å². The topological polar surface area (TPSA) is 54.4 Å². The summed E-state index contributed by atoms with van der Waals surface area (Å²) in [5.74, 6) is 0. The van der Waals surface area contributed by atoms with Crippen LogP contribution in [0.25, 0.3) is 11.1 Å². The van der Waals surface area contributed by atoms with Crippen LogP contribution in [0, 0.1) is 0 Å². The molecule has 0 spiro atoms. The molecule has 0 saturated carbocycles. The van der Waals surface area contributed by atoms with Crippen LogP contribution in [0.5, 0.6) is 0 Å². The maximum absolute atomic E-state index is 11.2. The van der Waals surface area contributed by atoms with Crippen molar-refractivity contribution in [1.82, 2.24) is 0 Å². The molecule has 0 fully saturated rings. The smallest absolute Gasteiger partial charge is 0.282 e. The van der Waals surface area contributed by atoms with Crippen molar-refractivity contribution in [2.75, 3.05) is 0 Å². The van der Waals surface area contributed by atoms with E-state index in [1.54, 1.807) is 12.1 Å². The van der Waals surface area contributed by atoms with Gasteiger partial charge >= 0.3 is 0 Å². The van der Waals surface area contributed by atoms with E-state index in [0.717, 1.165) is 15.6 Å². The van der Waals surface area contributed by atoms with Crippen molar-refractivity contribution in [2.45, 2.75) is 4.90 Å². The van der Waals surface area contributed by atoms with E-state index in [1.807, 2.05) is 24.3 Å². The minimum atomic E-state index is -4.23. The largest absolute Gasteiger partial charge is 0.295 e. The number of halogens is 2. The predicted molar refractivity (Wildman–Crippen MR) is 82.8 cm³/mol. The zero-order valence-electron chi connectivity index (χ0n) is 9.97. The van der Waals surface area contributed by atoms with Crippen LogP contribution in [-0.2, 0) is 10.1 Å². The molecule has 0 heterocycles. The van der Waals surface area contributed by atoms with Crippen LogP contribution in [0.2, 0.25) is 0 Å². The van der Waals surface area contributed by atoms with Gasteiger partial charge in [0.1, 0.15) is 4.90 Å². The zero-order valence-corrected chi connectivity index (χ0v) is 16.0. The molecule has 0 unspecified atom stereocenters. The van der Waals surface area contributed by atoms with Gasteiger partial charge in [-0.1, -0.05) is 34.1 Å². The van der Waals surface area contributed by atoms with Gasteiger partial charge in [0, 0.05) is 38.5 Å². The van der Waals surface area contributed by atoms with E-state index in [1.165, 1.54) is 6.07 Å². The Hall–Kier alpha value is 0.310. The first kappa shape index (κ1) is 17.4. The first-order valence-electron chi connectivity index (χ1n) is 4.91. The van der Waals surface area contributed by atoms with Crippen molar-refractivity contribution in [1.29, 1.82) is 0 Å². The second-order valence-corrected chi connectivity index (χ2v) is 6.79. The molecule has 2 aromatic rings. The zero-order chi connectivity index (χ0) is 13.3. The van der Waals surface area contributed by atoms with E-state index in [4.69, 9.17) is 4.55 Å². The predicted octanol–water partition coefficient (Wildman–Crippen LogP) is 3.74. The van der Waals surface area contributed by atoms with E-state index in [-0.39, 0.29) is 34.5 Å². The second-order valence-electron chi connectivity index (χ2n) is 3.63. The minimum Gasteiger partial charge on any atom is -0.282 e. The third kappa shape index (κ3) is 4.39. The van der Waals surface area contributed by atoms with Crippen LogP contribution in [0.15, 0.2) is 56.3 Å². The van der Waals surface area contributed by atoms with Gasteiger partial charge in [0.2, 0.25) is 0 Å². The van der Waals surface area contributed by atoms with Crippen LogP contribution >= 0.6 is 31.9 Å². The summed E-state index contributed by atoms with van der Waals surface area (Å²) >= 11 is 6.44. The molecule has 2 rings (SSSR count). The molecular formula is C12H8Br2NaO3S. The van der Waals surface area contributed by atoms with Crippen molar-refractivity contribution >= 4 is 71.5 Å². The normalized spacial score (nSPS) is 10.9. The summed E-state index contributed by atoms with van der Waals surface area (Å²) in [6.07, 6.45) is 0. The van der Waals surface area contributed by atoms with Crippen molar-refractivity contribution in [3.63, 3.8) is 0 Å². The van der Waals surface area contributed by atoms with Crippen molar-refractivity contribution in [3.05, 3.63) is 51.4 Å². The van der Waals surface area contributed by atoms with Gasteiger partial charge in [-0.15, -0.1) is 0 Å². The molecule has 1 N–H and O–H groups in total. The first-order chi connectivity index (χ1) is 8.38. The number of hydrogen-bond donors (Lipinski definition) is 1. The first-order valence-corrected chi connectivity index (χ1v) is 7.93. The summed E-state index contributed by atoms with van der Waals surface area (Å²) in [6.45, 7) is 0. The molecule has 2 aromatic carbocycles. The molecule has 0 bridgehead atoms. The Labute approximate surface area is 150 Å². The SMILES string of the molecule is O=S(=O)(O)c1cc(-c2ccc(Br)cc2)ccc1Br.[Na]. The fourth-order valence-electron chi connectivity index (χ4n) is 1.52. The van der Waals surface area contributed by atoms with Gasteiger partial charge < -0.3 is 0 Å². The van der Waals surface area contributed by atoms with E-state index in [0.29, 0.717) is 4.47 Å². The second kappa shape index (κ2) is 6.85. The van der Waals surface area contributed by atoms with Crippen LogP contribution in [0.4, 0.5) is 0 Å². The average Bonchev–Trinajstić information content (AvgIpc) is 2.29. The molecule has 0 aliphatic rings. The monoisotopic (exact) mass is 413 g/mol.